The third-order valence-corrected chi connectivity index (χ3v) is 6.02. The van der Waals surface area contributed by atoms with E-state index in [2.05, 4.69) is 10.2 Å². The van der Waals surface area contributed by atoms with E-state index in [0.717, 1.165) is 18.4 Å². The molecule has 1 aliphatic carbocycles. The number of ether oxygens (including phenoxy) is 1. The van der Waals surface area contributed by atoms with Gasteiger partial charge in [-0.1, -0.05) is 24.3 Å². The van der Waals surface area contributed by atoms with E-state index in [4.69, 9.17) is 4.74 Å². The van der Waals surface area contributed by atoms with Gasteiger partial charge >= 0.3 is 0 Å². The van der Waals surface area contributed by atoms with E-state index in [1.807, 2.05) is 29.2 Å². The van der Waals surface area contributed by atoms with Crippen molar-refractivity contribution in [1.29, 1.82) is 0 Å². The Balaban J connectivity index is 1.24. The molecule has 0 bridgehead atoms. The molecule has 1 saturated heterocycles. The van der Waals surface area contributed by atoms with E-state index in [1.54, 1.807) is 29.2 Å². The molecule has 1 aromatic heterocycles. The van der Waals surface area contributed by atoms with Crippen LogP contribution in [0.5, 0.6) is 5.88 Å². The van der Waals surface area contributed by atoms with Crippen molar-refractivity contribution < 1.29 is 14.3 Å². The average molecular weight is 432 g/mol. The molecule has 1 aliphatic heterocycles. The van der Waals surface area contributed by atoms with Gasteiger partial charge in [-0.25, -0.2) is 5.10 Å². The van der Waals surface area contributed by atoms with Gasteiger partial charge in [0.1, 0.15) is 6.61 Å². The molecule has 2 aromatic carbocycles. The maximum atomic E-state index is 13.0. The molecule has 2 amide bonds. The van der Waals surface area contributed by atoms with Crippen LogP contribution in [0.2, 0.25) is 0 Å². The highest BCUT2D eigenvalue weighted by Crippen LogP contribution is 2.31. The van der Waals surface area contributed by atoms with Gasteiger partial charge in [0.25, 0.3) is 11.5 Å². The van der Waals surface area contributed by atoms with Gasteiger partial charge in [-0.2, -0.15) is 0 Å². The van der Waals surface area contributed by atoms with Gasteiger partial charge in [0.2, 0.25) is 11.8 Å². The quantitative estimate of drug-likeness (QED) is 0.667. The Morgan fingerprint density at radius 3 is 2.44 bits per heavy atom. The highest BCUT2D eigenvalue weighted by atomic mass is 16.5. The SMILES string of the molecule is O=C(c1cccc(COc2n[nH]c(=O)c3ccccc23)c1)N1CCN(C(=O)C2CC2)CC1. The number of H-pyrrole nitrogens is 1. The molecule has 0 atom stereocenters. The Morgan fingerprint density at radius 1 is 0.969 bits per heavy atom. The van der Waals surface area contributed by atoms with Crippen LogP contribution in [0.15, 0.2) is 53.3 Å². The first kappa shape index (κ1) is 20.2. The highest BCUT2D eigenvalue weighted by Gasteiger charge is 2.35. The van der Waals surface area contributed by atoms with Crippen molar-refractivity contribution >= 4 is 22.6 Å². The summed E-state index contributed by atoms with van der Waals surface area (Å²) in [7, 11) is 0. The van der Waals surface area contributed by atoms with Crippen molar-refractivity contribution in [3.05, 3.63) is 70.0 Å². The molecule has 3 aromatic rings. The number of hydrogen-bond acceptors (Lipinski definition) is 5. The van der Waals surface area contributed by atoms with E-state index < -0.39 is 0 Å². The Hall–Kier alpha value is -3.68. The number of carbonyl (C=O) groups excluding carboxylic acids is 2. The number of fused-ring (bicyclic) bond motifs is 1. The number of aromatic amines is 1. The lowest BCUT2D eigenvalue weighted by molar-refractivity contribution is -0.134. The number of nitrogens with one attached hydrogen (secondary N) is 1. The molecule has 2 heterocycles. The van der Waals surface area contributed by atoms with Crippen LogP contribution in [0.3, 0.4) is 0 Å². The molecule has 8 heteroatoms. The maximum absolute atomic E-state index is 13.0. The van der Waals surface area contributed by atoms with Crippen LogP contribution in [0.25, 0.3) is 10.8 Å². The number of rotatable bonds is 5. The smallest absolute Gasteiger partial charge is 0.272 e. The second-order valence-corrected chi connectivity index (χ2v) is 8.28. The minimum Gasteiger partial charge on any atom is -0.471 e. The van der Waals surface area contributed by atoms with Crippen LogP contribution in [0.1, 0.15) is 28.8 Å². The summed E-state index contributed by atoms with van der Waals surface area (Å²) < 4.78 is 5.86. The third kappa shape index (κ3) is 4.08. The molecule has 32 heavy (non-hydrogen) atoms. The Labute approximate surface area is 184 Å². The lowest BCUT2D eigenvalue weighted by atomic mass is 10.1. The van der Waals surface area contributed by atoms with Crippen molar-refractivity contribution in [1.82, 2.24) is 20.0 Å². The summed E-state index contributed by atoms with van der Waals surface area (Å²) in [6.45, 7) is 2.49. The van der Waals surface area contributed by atoms with Crippen LogP contribution < -0.4 is 10.3 Å². The largest absolute Gasteiger partial charge is 0.471 e. The maximum Gasteiger partial charge on any atom is 0.272 e. The van der Waals surface area contributed by atoms with Gasteiger partial charge in [0.15, 0.2) is 0 Å². The van der Waals surface area contributed by atoms with E-state index in [0.29, 0.717) is 48.4 Å². The van der Waals surface area contributed by atoms with Crippen LogP contribution >= 0.6 is 0 Å². The topological polar surface area (TPSA) is 95.6 Å². The minimum atomic E-state index is -0.264. The zero-order chi connectivity index (χ0) is 22.1. The monoisotopic (exact) mass is 432 g/mol. The van der Waals surface area contributed by atoms with Gasteiger partial charge < -0.3 is 14.5 Å². The first-order valence-corrected chi connectivity index (χ1v) is 10.9. The van der Waals surface area contributed by atoms with Gasteiger partial charge in [0.05, 0.1) is 10.8 Å². The molecular formula is C24H24N4O4. The molecule has 1 N–H and O–H groups in total. The molecule has 0 radical (unpaired) electrons. The fraction of sp³-hybridized carbons (Fsp3) is 0.333. The van der Waals surface area contributed by atoms with Crippen molar-refractivity contribution in [3.8, 4) is 5.88 Å². The van der Waals surface area contributed by atoms with Crippen LogP contribution in [-0.4, -0.2) is 58.0 Å². The molecule has 0 spiro atoms. The number of piperazine rings is 1. The predicted molar refractivity (Wildman–Crippen MR) is 118 cm³/mol. The molecule has 2 fully saturated rings. The summed E-state index contributed by atoms with van der Waals surface area (Å²) in [6, 6.07) is 14.5. The Kier molecular flexibility index (Phi) is 5.34. The second-order valence-electron chi connectivity index (χ2n) is 8.28. The number of benzene rings is 2. The zero-order valence-electron chi connectivity index (χ0n) is 17.6. The summed E-state index contributed by atoms with van der Waals surface area (Å²) >= 11 is 0. The van der Waals surface area contributed by atoms with Gasteiger partial charge in [0, 0.05) is 37.7 Å². The summed E-state index contributed by atoms with van der Waals surface area (Å²) in [6.07, 6.45) is 1.99. The second kappa shape index (κ2) is 8.45. The van der Waals surface area contributed by atoms with Crippen molar-refractivity contribution in [2.24, 2.45) is 5.92 Å². The van der Waals surface area contributed by atoms with Crippen molar-refractivity contribution in [3.63, 3.8) is 0 Å². The molecule has 1 saturated carbocycles. The average Bonchev–Trinajstić information content (AvgIpc) is 3.69. The fourth-order valence-electron chi connectivity index (χ4n) is 4.05. The zero-order valence-corrected chi connectivity index (χ0v) is 17.6. The van der Waals surface area contributed by atoms with E-state index in [-0.39, 0.29) is 29.9 Å². The molecule has 2 aliphatic rings. The van der Waals surface area contributed by atoms with E-state index >= 15 is 0 Å². The third-order valence-electron chi connectivity index (χ3n) is 6.02. The van der Waals surface area contributed by atoms with Gasteiger partial charge in [-0.05, 0) is 42.7 Å². The summed E-state index contributed by atoms with van der Waals surface area (Å²) in [4.78, 5) is 40.8. The van der Waals surface area contributed by atoms with E-state index in [1.165, 1.54) is 0 Å². The Bertz CT molecular complexity index is 1230. The number of amides is 2. The van der Waals surface area contributed by atoms with Crippen LogP contribution in [0, 0.1) is 5.92 Å². The minimum absolute atomic E-state index is 0.0435. The number of carbonyl (C=O) groups is 2. The lowest BCUT2D eigenvalue weighted by Gasteiger charge is -2.35. The molecule has 0 unspecified atom stereocenters. The number of nitrogens with zero attached hydrogens (tertiary/aromatic N) is 3. The molecule has 5 rings (SSSR count). The van der Waals surface area contributed by atoms with E-state index in [9.17, 15) is 14.4 Å². The molecular weight excluding hydrogens is 408 g/mol. The number of hydrogen-bond donors (Lipinski definition) is 1. The first-order valence-electron chi connectivity index (χ1n) is 10.9. The predicted octanol–water partition coefficient (Wildman–Crippen LogP) is 2.20. The lowest BCUT2D eigenvalue weighted by Crippen LogP contribution is -2.51. The summed E-state index contributed by atoms with van der Waals surface area (Å²) in [5.41, 5.74) is 1.15. The fourth-order valence-corrected chi connectivity index (χ4v) is 4.05. The number of aromatic nitrogens is 2. The summed E-state index contributed by atoms with van der Waals surface area (Å²) in [5, 5.41) is 7.63. The molecule has 8 nitrogen and oxygen atoms in total. The van der Waals surface area contributed by atoms with Crippen LogP contribution in [-0.2, 0) is 11.4 Å². The Morgan fingerprint density at radius 2 is 1.69 bits per heavy atom. The highest BCUT2D eigenvalue weighted by molar-refractivity contribution is 5.94. The van der Waals surface area contributed by atoms with Crippen molar-refractivity contribution in [2.45, 2.75) is 19.4 Å². The molecule has 164 valence electrons. The normalized spacial score (nSPS) is 16.2. The van der Waals surface area contributed by atoms with Gasteiger partial charge in [-0.3, -0.25) is 14.4 Å². The summed E-state index contributed by atoms with van der Waals surface area (Å²) in [5.74, 6) is 0.744. The van der Waals surface area contributed by atoms with Crippen LogP contribution in [0.4, 0.5) is 0 Å². The first-order chi connectivity index (χ1) is 15.6. The van der Waals surface area contributed by atoms with Gasteiger partial charge in [-0.15, -0.1) is 5.10 Å². The van der Waals surface area contributed by atoms with Crippen molar-refractivity contribution in [2.75, 3.05) is 26.2 Å². The standard InChI is InChI=1S/C24H24N4O4/c29-21-19-6-1-2-7-20(19)22(26-25-21)32-15-16-4-3-5-18(14-16)24(31)28-12-10-27(11-13-28)23(30)17-8-9-17/h1-7,14,17H,8-13,15H2,(H,25,29).